The molecule has 0 aliphatic carbocycles. The Balaban J connectivity index is 1.96. The van der Waals surface area contributed by atoms with Crippen molar-refractivity contribution in [2.45, 2.75) is 25.4 Å². The van der Waals surface area contributed by atoms with E-state index in [0.29, 0.717) is 19.8 Å². The van der Waals surface area contributed by atoms with Crippen LogP contribution in [0.25, 0.3) is 0 Å². The summed E-state index contributed by atoms with van der Waals surface area (Å²) in [6, 6.07) is 7.87. The molecule has 3 nitrogen and oxygen atoms in total. The SMILES string of the molecule is CCCOCC(O)C1COc2ccccc21. The van der Waals surface area contributed by atoms with Gasteiger partial charge in [-0.2, -0.15) is 0 Å². The molecule has 2 unspecified atom stereocenters. The summed E-state index contributed by atoms with van der Waals surface area (Å²) in [4.78, 5) is 0. The molecule has 0 radical (unpaired) electrons. The number of hydrogen-bond acceptors (Lipinski definition) is 3. The van der Waals surface area contributed by atoms with Gasteiger partial charge in [0.15, 0.2) is 0 Å². The standard InChI is InChI=1S/C13H18O3/c1-2-7-15-9-12(14)11-8-16-13-6-4-3-5-10(11)13/h3-6,11-12,14H,2,7-9H2,1H3. The summed E-state index contributed by atoms with van der Waals surface area (Å²) < 4.78 is 10.9. The normalized spacial score (nSPS) is 20.2. The minimum Gasteiger partial charge on any atom is -0.493 e. The molecular weight excluding hydrogens is 204 g/mol. The highest BCUT2D eigenvalue weighted by atomic mass is 16.5. The zero-order valence-corrected chi connectivity index (χ0v) is 9.56. The zero-order valence-electron chi connectivity index (χ0n) is 9.56. The van der Waals surface area contributed by atoms with Crippen LogP contribution >= 0.6 is 0 Å². The number of aliphatic hydroxyl groups is 1. The minimum absolute atomic E-state index is 0.0491. The fraction of sp³-hybridized carbons (Fsp3) is 0.538. The van der Waals surface area contributed by atoms with E-state index in [1.807, 2.05) is 24.3 Å². The molecule has 0 saturated heterocycles. The van der Waals surface area contributed by atoms with Crippen LogP contribution in [0.1, 0.15) is 24.8 Å². The lowest BCUT2D eigenvalue weighted by Gasteiger charge is -2.16. The Morgan fingerprint density at radius 1 is 1.50 bits per heavy atom. The topological polar surface area (TPSA) is 38.7 Å². The lowest BCUT2D eigenvalue weighted by atomic mass is 9.96. The summed E-state index contributed by atoms with van der Waals surface area (Å²) in [5.74, 6) is 0.940. The molecule has 1 aromatic carbocycles. The van der Waals surface area contributed by atoms with Crippen LogP contribution in [0.5, 0.6) is 5.75 Å². The van der Waals surface area contributed by atoms with E-state index in [1.54, 1.807) is 0 Å². The van der Waals surface area contributed by atoms with Gasteiger partial charge in [0.1, 0.15) is 5.75 Å². The fourth-order valence-electron chi connectivity index (χ4n) is 1.97. The van der Waals surface area contributed by atoms with Gasteiger partial charge in [-0.15, -0.1) is 0 Å². The van der Waals surface area contributed by atoms with Crippen LogP contribution in [0.3, 0.4) is 0 Å². The predicted octanol–water partition coefficient (Wildman–Crippen LogP) is 1.95. The van der Waals surface area contributed by atoms with Gasteiger partial charge in [-0.1, -0.05) is 25.1 Å². The molecule has 88 valence electrons. The maximum Gasteiger partial charge on any atom is 0.123 e. The van der Waals surface area contributed by atoms with Crippen LogP contribution in [0.2, 0.25) is 0 Å². The highest BCUT2D eigenvalue weighted by Gasteiger charge is 2.29. The predicted molar refractivity (Wildman–Crippen MR) is 61.8 cm³/mol. The number of aliphatic hydroxyl groups excluding tert-OH is 1. The van der Waals surface area contributed by atoms with Crippen LogP contribution in [0.4, 0.5) is 0 Å². The van der Waals surface area contributed by atoms with Crippen LogP contribution in [-0.2, 0) is 4.74 Å². The molecule has 3 heteroatoms. The van der Waals surface area contributed by atoms with Crippen molar-refractivity contribution < 1.29 is 14.6 Å². The highest BCUT2D eigenvalue weighted by molar-refractivity contribution is 5.40. The Morgan fingerprint density at radius 2 is 2.31 bits per heavy atom. The van der Waals surface area contributed by atoms with Crippen LogP contribution < -0.4 is 4.74 Å². The molecule has 0 saturated carbocycles. The molecule has 1 aliphatic rings. The molecule has 0 bridgehead atoms. The second-order valence-electron chi connectivity index (χ2n) is 4.10. The first-order chi connectivity index (χ1) is 7.83. The number of ether oxygens (including phenoxy) is 2. The summed E-state index contributed by atoms with van der Waals surface area (Å²) >= 11 is 0. The average molecular weight is 222 g/mol. The Labute approximate surface area is 96.0 Å². The third-order valence-electron chi connectivity index (χ3n) is 2.84. The first-order valence-corrected chi connectivity index (χ1v) is 5.80. The van der Waals surface area contributed by atoms with Gasteiger partial charge < -0.3 is 14.6 Å². The molecule has 0 amide bonds. The molecule has 2 rings (SSSR count). The van der Waals surface area contributed by atoms with Gasteiger partial charge in [-0.05, 0) is 12.5 Å². The number of fused-ring (bicyclic) bond motifs is 1. The first-order valence-electron chi connectivity index (χ1n) is 5.80. The van der Waals surface area contributed by atoms with E-state index >= 15 is 0 Å². The van der Waals surface area contributed by atoms with Crippen LogP contribution in [0, 0.1) is 0 Å². The lowest BCUT2D eigenvalue weighted by molar-refractivity contribution is 0.0190. The zero-order chi connectivity index (χ0) is 11.4. The molecule has 1 aromatic rings. The number of hydrogen-bond donors (Lipinski definition) is 1. The quantitative estimate of drug-likeness (QED) is 0.774. The smallest absolute Gasteiger partial charge is 0.123 e. The summed E-state index contributed by atoms with van der Waals surface area (Å²) in [7, 11) is 0. The van der Waals surface area contributed by atoms with E-state index in [2.05, 4.69) is 6.92 Å². The summed E-state index contributed by atoms with van der Waals surface area (Å²) in [5, 5.41) is 10.0. The Kier molecular flexibility index (Phi) is 3.80. The Morgan fingerprint density at radius 3 is 3.12 bits per heavy atom. The van der Waals surface area contributed by atoms with Gasteiger partial charge >= 0.3 is 0 Å². The van der Waals surface area contributed by atoms with Crippen molar-refractivity contribution >= 4 is 0 Å². The van der Waals surface area contributed by atoms with Crippen LogP contribution in [0.15, 0.2) is 24.3 Å². The third-order valence-corrected chi connectivity index (χ3v) is 2.84. The maximum atomic E-state index is 10.0. The van der Waals surface area contributed by atoms with Crippen molar-refractivity contribution in [3.8, 4) is 5.75 Å². The Bertz CT molecular complexity index is 338. The van der Waals surface area contributed by atoms with E-state index in [4.69, 9.17) is 9.47 Å². The average Bonchev–Trinajstić information content (AvgIpc) is 2.73. The molecule has 1 N–H and O–H groups in total. The molecule has 0 fully saturated rings. The molecule has 0 spiro atoms. The molecule has 1 aliphatic heterocycles. The van der Waals surface area contributed by atoms with Crippen molar-refractivity contribution in [3.05, 3.63) is 29.8 Å². The van der Waals surface area contributed by atoms with Gasteiger partial charge in [0.05, 0.1) is 19.3 Å². The van der Waals surface area contributed by atoms with E-state index in [0.717, 1.165) is 17.7 Å². The van der Waals surface area contributed by atoms with Gasteiger partial charge in [0.25, 0.3) is 0 Å². The molecular formula is C13H18O3. The largest absolute Gasteiger partial charge is 0.493 e. The fourth-order valence-corrected chi connectivity index (χ4v) is 1.97. The van der Waals surface area contributed by atoms with Crippen molar-refractivity contribution in [1.29, 1.82) is 0 Å². The van der Waals surface area contributed by atoms with Crippen LogP contribution in [-0.4, -0.2) is 31.0 Å². The second kappa shape index (κ2) is 5.32. The van der Waals surface area contributed by atoms with Gasteiger partial charge in [0, 0.05) is 18.1 Å². The first kappa shape index (κ1) is 11.4. The summed E-state index contributed by atoms with van der Waals surface area (Å²) in [5.41, 5.74) is 1.09. The van der Waals surface area contributed by atoms with E-state index in [1.165, 1.54) is 0 Å². The van der Waals surface area contributed by atoms with Crippen molar-refractivity contribution in [1.82, 2.24) is 0 Å². The molecule has 1 heterocycles. The van der Waals surface area contributed by atoms with Crippen molar-refractivity contribution in [2.75, 3.05) is 19.8 Å². The van der Waals surface area contributed by atoms with E-state index in [-0.39, 0.29) is 5.92 Å². The monoisotopic (exact) mass is 222 g/mol. The second-order valence-corrected chi connectivity index (χ2v) is 4.10. The van der Waals surface area contributed by atoms with E-state index < -0.39 is 6.10 Å². The minimum atomic E-state index is -0.477. The highest BCUT2D eigenvalue weighted by Crippen LogP contribution is 2.35. The van der Waals surface area contributed by atoms with E-state index in [9.17, 15) is 5.11 Å². The molecule has 16 heavy (non-hydrogen) atoms. The molecule has 2 atom stereocenters. The van der Waals surface area contributed by atoms with Gasteiger partial charge in [-0.3, -0.25) is 0 Å². The Hall–Kier alpha value is -1.06. The number of para-hydroxylation sites is 1. The summed E-state index contributed by atoms with van der Waals surface area (Å²) in [6.45, 7) is 3.69. The van der Waals surface area contributed by atoms with Gasteiger partial charge in [-0.25, -0.2) is 0 Å². The lowest BCUT2D eigenvalue weighted by Crippen LogP contribution is -2.25. The summed E-state index contributed by atoms with van der Waals surface area (Å²) in [6.07, 6.45) is 0.500. The third kappa shape index (κ3) is 2.36. The molecule has 0 aromatic heterocycles. The number of rotatable bonds is 5. The maximum absolute atomic E-state index is 10.0. The van der Waals surface area contributed by atoms with Crippen molar-refractivity contribution in [3.63, 3.8) is 0 Å². The van der Waals surface area contributed by atoms with Crippen molar-refractivity contribution in [2.24, 2.45) is 0 Å². The number of benzene rings is 1. The van der Waals surface area contributed by atoms with Gasteiger partial charge in [0.2, 0.25) is 0 Å².